The smallest absolute Gasteiger partial charge is 0.126 e. The number of anilines is 1. The first-order chi connectivity index (χ1) is 9.95. The van der Waals surface area contributed by atoms with Crippen molar-refractivity contribution < 1.29 is 0 Å². The van der Waals surface area contributed by atoms with Gasteiger partial charge in [0.25, 0.3) is 0 Å². The van der Waals surface area contributed by atoms with Crippen LogP contribution in [0.1, 0.15) is 29.1 Å². The van der Waals surface area contributed by atoms with Crippen molar-refractivity contribution in [3.63, 3.8) is 0 Å². The Balaban J connectivity index is 1.89. The van der Waals surface area contributed by atoms with E-state index in [4.69, 9.17) is 18.0 Å². The molecule has 0 spiro atoms. The zero-order valence-corrected chi connectivity index (χ0v) is 13.5. The molecule has 0 aliphatic rings. The summed E-state index contributed by atoms with van der Waals surface area (Å²) in [5.41, 5.74) is 9.66. The third kappa shape index (κ3) is 4.26. The highest BCUT2D eigenvalue weighted by Gasteiger charge is 2.03. The molecule has 0 unspecified atom stereocenters. The highest BCUT2D eigenvalue weighted by Crippen LogP contribution is 2.10. The Morgan fingerprint density at radius 2 is 2.00 bits per heavy atom. The molecule has 6 heteroatoms. The topological polar surface area (TPSA) is 68.8 Å². The quantitative estimate of drug-likeness (QED) is 0.633. The summed E-state index contributed by atoms with van der Waals surface area (Å²) in [5, 5.41) is 7.76. The molecule has 0 aliphatic heterocycles. The molecule has 0 aromatic carbocycles. The van der Waals surface area contributed by atoms with E-state index in [2.05, 4.69) is 28.4 Å². The Bertz CT molecular complexity index is 648. The molecule has 0 aliphatic carbocycles. The summed E-state index contributed by atoms with van der Waals surface area (Å²) in [6.07, 6.45) is 0.972. The minimum Gasteiger partial charge on any atom is -0.389 e. The molecule has 0 amide bonds. The van der Waals surface area contributed by atoms with Gasteiger partial charge in [-0.15, -0.1) is 0 Å². The van der Waals surface area contributed by atoms with Crippen molar-refractivity contribution in [2.24, 2.45) is 5.73 Å². The molecule has 0 saturated carbocycles. The monoisotopic (exact) mass is 303 g/mol. The number of aryl methyl sites for hydroxylation is 4. The molecule has 0 radical (unpaired) electrons. The number of aromatic nitrogens is 3. The number of nitrogens with one attached hydrogen (secondary N) is 1. The predicted octanol–water partition coefficient (Wildman–Crippen LogP) is 2.34. The van der Waals surface area contributed by atoms with Crippen LogP contribution >= 0.6 is 12.2 Å². The first-order valence-electron chi connectivity index (χ1n) is 6.99. The minimum absolute atomic E-state index is 0.395. The zero-order chi connectivity index (χ0) is 15.4. The lowest BCUT2D eigenvalue weighted by Crippen LogP contribution is -2.13. The number of nitrogens with two attached hydrogens (primary N) is 1. The van der Waals surface area contributed by atoms with E-state index in [9.17, 15) is 0 Å². The van der Waals surface area contributed by atoms with Crippen molar-refractivity contribution in [2.75, 3.05) is 11.9 Å². The summed E-state index contributed by atoms with van der Waals surface area (Å²) in [7, 11) is 0. The summed E-state index contributed by atoms with van der Waals surface area (Å²) >= 11 is 5.01. The van der Waals surface area contributed by atoms with Crippen LogP contribution in [0.3, 0.4) is 0 Å². The first-order valence-corrected chi connectivity index (χ1v) is 7.40. The lowest BCUT2D eigenvalue weighted by molar-refractivity contribution is 0.573. The second-order valence-electron chi connectivity index (χ2n) is 5.18. The molecule has 5 nitrogen and oxygen atoms in total. The van der Waals surface area contributed by atoms with Gasteiger partial charge in [-0.2, -0.15) is 5.10 Å². The van der Waals surface area contributed by atoms with Gasteiger partial charge >= 0.3 is 0 Å². The van der Waals surface area contributed by atoms with Gasteiger partial charge in [-0.05, 0) is 45.4 Å². The van der Waals surface area contributed by atoms with E-state index in [0.29, 0.717) is 4.99 Å². The fourth-order valence-electron chi connectivity index (χ4n) is 2.25. The average Bonchev–Trinajstić information content (AvgIpc) is 2.72. The standard InChI is InChI=1S/C15H21N5S/c1-10-8-13(15(16)21)9-14(18-10)17-5-4-6-20-12(3)7-11(2)19-20/h7-9H,4-6H2,1-3H3,(H2,16,21)(H,17,18). The Labute approximate surface area is 130 Å². The molecule has 0 saturated heterocycles. The van der Waals surface area contributed by atoms with Gasteiger partial charge in [0, 0.05) is 30.0 Å². The van der Waals surface area contributed by atoms with Crippen LogP contribution in [0, 0.1) is 20.8 Å². The molecule has 112 valence electrons. The molecular formula is C15H21N5S. The van der Waals surface area contributed by atoms with Crippen molar-refractivity contribution in [2.45, 2.75) is 33.7 Å². The zero-order valence-electron chi connectivity index (χ0n) is 12.7. The number of rotatable bonds is 6. The maximum atomic E-state index is 5.67. The fourth-order valence-corrected chi connectivity index (χ4v) is 2.37. The summed E-state index contributed by atoms with van der Waals surface area (Å²) < 4.78 is 2.03. The molecule has 0 bridgehead atoms. The number of nitrogens with zero attached hydrogens (tertiary/aromatic N) is 3. The van der Waals surface area contributed by atoms with Crippen LogP contribution in [-0.2, 0) is 6.54 Å². The van der Waals surface area contributed by atoms with E-state index < -0.39 is 0 Å². The van der Waals surface area contributed by atoms with Gasteiger partial charge in [-0.25, -0.2) is 4.98 Å². The lowest BCUT2D eigenvalue weighted by Gasteiger charge is -2.09. The third-order valence-electron chi connectivity index (χ3n) is 3.19. The Kier molecular flexibility index (Phi) is 4.90. The van der Waals surface area contributed by atoms with Gasteiger partial charge in [-0.1, -0.05) is 12.2 Å². The molecule has 0 atom stereocenters. The first kappa shape index (κ1) is 15.4. The molecule has 2 aromatic heterocycles. The van der Waals surface area contributed by atoms with E-state index >= 15 is 0 Å². The van der Waals surface area contributed by atoms with Crippen LogP contribution in [0.15, 0.2) is 18.2 Å². The minimum atomic E-state index is 0.395. The van der Waals surface area contributed by atoms with Crippen LogP contribution in [0.4, 0.5) is 5.82 Å². The predicted molar refractivity (Wildman–Crippen MR) is 89.7 cm³/mol. The van der Waals surface area contributed by atoms with Crippen molar-refractivity contribution in [3.05, 3.63) is 40.8 Å². The van der Waals surface area contributed by atoms with E-state index in [0.717, 1.165) is 42.3 Å². The SMILES string of the molecule is Cc1cc(C(N)=S)cc(NCCCn2nc(C)cc2C)n1. The van der Waals surface area contributed by atoms with Crippen molar-refractivity contribution in [1.29, 1.82) is 0 Å². The summed E-state index contributed by atoms with van der Waals surface area (Å²) in [6, 6.07) is 5.87. The molecule has 3 N–H and O–H groups in total. The summed E-state index contributed by atoms with van der Waals surface area (Å²) in [4.78, 5) is 4.83. The van der Waals surface area contributed by atoms with E-state index in [-0.39, 0.29) is 0 Å². The Morgan fingerprint density at radius 1 is 1.24 bits per heavy atom. The van der Waals surface area contributed by atoms with Gasteiger partial charge in [0.1, 0.15) is 10.8 Å². The van der Waals surface area contributed by atoms with Crippen LogP contribution in [0.25, 0.3) is 0 Å². The van der Waals surface area contributed by atoms with E-state index in [1.807, 2.05) is 30.7 Å². The molecule has 2 rings (SSSR count). The van der Waals surface area contributed by atoms with E-state index in [1.165, 1.54) is 5.69 Å². The maximum absolute atomic E-state index is 5.67. The molecule has 2 heterocycles. The van der Waals surface area contributed by atoms with Crippen LogP contribution in [0.2, 0.25) is 0 Å². The average molecular weight is 303 g/mol. The number of hydrogen-bond acceptors (Lipinski definition) is 4. The third-order valence-corrected chi connectivity index (χ3v) is 3.43. The molecule has 0 fully saturated rings. The highest BCUT2D eigenvalue weighted by atomic mass is 32.1. The second kappa shape index (κ2) is 6.67. The van der Waals surface area contributed by atoms with Gasteiger partial charge in [0.05, 0.1) is 5.69 Å². The van der Waals surface area contributed by atoms with Crippen molar-refractivity contribution in [1.82, 2.24) is 14.8 Å². The Morgan fingerprint density at radius 3 is 2.62 bits per heavy atom. The van der Waals surface area contributed by atoms with Crippen LogP contribution in [0.5, 0.6) is 0 Å². The Hall–Kier alpha value is -1.95. The molecule has 21 heavy (non-hydrogen) atoms. The van der Waals surface area contributed by atoms with Crippen molar-refractivity contribution >= 4 is 23.0 Å². The highest BCUT2D eigenvalue weighted by molar-refractivity contribution is 7.80. The van der Waals surface area contributed by atoms with Gasteiger partial charge in [-0.3, -0.25) is 4.68 Å². The van der Waals surface area contributed by atoms with Gasteiger partial charge in [0.15, 0.2) is 0 Å². The summed E-state index contributed by atoms with van der Waals surface area (Å²) in [6.45, 7) is 7.73. The van der Waals surface area contributed by atoms with E-state index in [1.54, 1.807) is 0 Å². The maximum Gasteiger partial charge on any atom is 0.126 e. The van der Waals surface area contributed by atoms with Crippen LogP contribution in [-0.4, -0.2) is 26.3 Å². The van der Waals surface area contributed by atoms with Crippen LogP contribution < -0.4 is 11.1 Å². The second-order valence-corrected chi connectivity index (χ2v) is 5.62. The normalized spacial score (nSPS) is 10.6. The van der Waals surface area contributed by atoms with Crippen molar-refractivity contribution in [3.8, 4) is 0 Å². The van der Waals surface area contributed by atoms with Gasteiger partial charge < -0.3 is 11.1 Å². The number of thiocarbonyl (C=S) groups is 1. The van der Waals surface area contributed by atoms with Gasteiger partial charge in [0.2, 0.25) is 0 Å². The molecular weight excluding hydrogens is 282 g/mol. The molecule has 2 aromatic rings. The fraction of sp³-hybridized carbons (Fsp3) is 0.400. The largest absolute Gasteiger partial charge is 0.389 e. The number of hydrogen-bond donors (Lipinski definition) is 2. The lowest BCUT2D eigenvalue weighted by atomic mass is 10.2. The summed E-state index contributed by atoms with van der Waals surface area (Å²) in [5.74, 6) is 0.811. The number of pyridine rings is 1.